The van der Waals surface area contributed by atoms with Crippen molar-refractivity contribution in [3.63, 3.8) is 0 Å². The molecule has 1 atom stereocenters. The second-order valence-corrected chi connectivity index (χ2v) is 7.27. The van der Waals surface area contributed by atoms with Gasteiger partial charge in [0, 0.05) is 38.6 Å². The fraction of sp³-hybridized carbons (Fsp3) is 0.882. The number of carbonyl (C=O) groups is 1. The predicted molar refractivity (Wildman–Crippen MR) is 94.5 cm³/mol. The molecule has 23 heavy (non-hydrogen) atoms. The Morgan fingerprint density at radius 1 is 1.22 bits per heavy atom. The molecule has 132 valence electrons. The third-order valence-electron chi connectivity index (χ3n) is 4.95. The van der Waals surface area contributed by atoms with Gasteiger partial charge in [-0.05, 0) is 45.3 Å². The molecule has 2 saturated heterocycles. The van der Waals surface area contributed by atoms with E-state index >= 15 is 0 Å². The Hall–Kier alpha value is -1.30. The van der Waals surface area contributed by atoms with Crippen LogP contribution in [0.25, 0.3) is 0 Å². The number of hydrogen-bond acceptors (Lipinski definition) is 3. The summed E-state index contributed by atoms with van der Waals surface area (Å²) in [5, 5.41) is 6.94. The molecule has 2 rings (SSSR count). The number of nitrogens with one attached hydrogen (secondary N) is 2. The minimum atomic E-state index is 0.0793. The SMILES string of the molecule is CN=C(NCC1CCN(C)CC1)NC1CCN(C(=O)C(C)C)C1. The van der Waals surface area contributed by atoms with Crippen molar-refractivity contribution in [2.75, 3.05) is 46.8 Å². The van der Waals surface area contributed by atoms with Gasteiger partial charge in [-0.25, -0.2) is 0 Å². The molecular weight excluding hydrogens is 290 g/mol. The Morgan fingerprint density at radius 2 is 1.91 bits per heavy atom. The summed E-state index contributed by atoms with van der Waals surface area (Å²) in [6, 6.07) is 0.307. The van der Waals surface area contributed by atoms with Crippen LogP contribution in [-0.4, -0.2) is 74.5 Å². The van der Waals surface area contributed by atoms with Crippen LogP contribution >= 0.6 is 0 Å². The zero-order valence-corrected chi connectivity index (χ0v) is 15.1. The van der Waals surface area contributed by atoms with Crippen LogP contribution in [0.15, 0.2) is 4.99 Å². The Kier molecular flexibility index (Phi) is 6.69. The number of aliphatic imine (C=N–C) groups is 1. The molecule has 2 aliphatic heterocycles. The van der Waals surface area contributed by atoms with Gasteiger partial charge in [0.15, 0.2) is 5.96 Å². The van der Waals surface area contributed by atoms with Crippen LogP contribution in [0.3, 0.4) is 0 Å². The first-order valence-corrected chi connectivity index (χ1v) is 8.94. The minimum absolute atomic E-state index is 0.0793. The highest BCUT2D eigenvalue weighted by atomic mass is 16.2. The molecule has 6 nitrogen and oxygen atoms in total. The lowest BCUT2D eigenvalue weighted by atomic mass is 9.97. The summed E-state index contributed by atoms with van der Waals surface area (Å²) in [5.41, 5.74) is 0. The van der Waals surface area contributed by atoms with E-state index in [0.717, 1.165) is 37.9 Å². The van der Waals surface area contributed by atoms with E-state index in [4.69, 9.17) is 0 Å². The number of rotatable bonds is 4. The van der Waals surface area contributed by atoms with Crippen molar-refractivity contribution in [2.45, 2.75) is 39.2 Å². The third kappa shape index (κ3) is 5.37. The molecule has 0 aliphatic carbocycles. The van der Waals surface area contributed by atoms with Crippen molar-refractivity contribution in [1.82, 2.24) is 20.4 Å². The second kappa shape index (κ2) is 8.52. The number of hydrogen-bond donors (Lipinski definition) is 2. The summed E-state index contributed by atoms with van der Waals surface area (Å²) >= 11 is 0. The standard InChI is InChI=1S/C17H33N5O/c1-13(2)16(23)22-10-7-15(12-22)20-17(18-3)19-11-14-5-8-21(4)9-6-14/h13-15H,5-12H2,1-4H3,(H2,18,19,20). The number of carbonyl (C=O) groups excluding carboxylic acids is 1. The van der Waals surface area contributed by atoms with Gasteiger partial charge >= 0.3 is 0 Å². The maximum Gasteiger partial charge on any atom is 0.225 e. The highest BCUT2D eigenvalue weighted by Gasteiger charge is 2.28. The van der Waals surface area contributed by atoms with E-state index in [1.54, 1.807) is 0 Å². The minimum Gasteiger partial charge on any atom is -0.356 e. The first-order valence-electron chi connectivity index (χ1n) is 8.94. The van der Waals surface area contributed by atoms with Gasteiger partial charge in [-0.3, -0.25) is 9.79 Å². The van der Waals surface area contributed by atoms with E-state index in [2.05, 4.69) is 27.6 Å². The molecule has 2 fully saturated rings. The largest absolute Gasteiger partial charge is 0.356 e. The first kappa shape index (κ1) is 18.0. The van der Waals surface area contributed by atoms with Crippen LogP contribution in [0.1, 0.15) is 33.1 Å². The number of likely N-dealkylation sites (tertiary alicyclic amines) is 2. The monoisotopic (exact) mass is 323 g/mol. The highest BCUT2D eigenvalue weighted by molar-refractivity contribution is 5.81. The zero-order valence-electron chi connectivity index (χ0n) is 15.1. The molecule has 0 spiro atoms. The molecule has 1 amide bonds. The Morgan fingerprint density at radius 3 is 2.52 bits per heavy atom. The van der Waals surface area contributed by atoms with Gasteiger partial charge in [0.1, 0.15) is 0 Å². The molecule has 2 heterocycles. The van der Waals surface area contributed by atoms with Crippen molar-refractivity contribution in [2.24, 2.45) is 16.8 Å². The fourth-order valence-electron chi connectivity index (χ4n) is 3.34. The first-order chi connectivity index (χ1) is 11.0. The lowest BCUT2D eigenvalue weighted by molar-refractivity contribution is -0.133. The molecule has 0 radical (unpaired) electrons. The normalized spacial score (nSPS) is 24.3. The van der Waals surface area contributed by atoms with Gasteiger partial charge in [0.25, 0.3) is 0 Å². The second-order valence-electron chi connectivity index (χ2n) is 7.27. The Balaban J connectivity index is 1.72. The van der Waals surface area contributed by atoms with Gasteiger partial charge < -0.3 is 20.4 Å². The lowest BCUT2D eigenvalue weighted by Crippen LogP contribution is -2.47. The quantitative estimate of drug-likeness (QED) is 0.592. The summed E-state index contributed by atoms with van der Waals surface area (Å²) in [7, 11) is 4.00. The van der Waals surface area contributed by atoms with Crippen molar-refractivity contribution >= 4 is 11.9 Å². The zero-order chi connectivity index (χ0) is 16.8. The van der Waals surface area contributed by atoms with Gasteiger partial charge in [-0.15, -0.1) is 0 Å². The van der Waals surface area contributed by atoms with Gasteiger partial charge in [0.2, 0.25) is 5.91 Å². The van der Waals surface area contributed by atoms with Crippen LogP contribution < -0.4 is 10.6 Å². The maximum atomic E-state index is 12.1. The summed E-state index contributed by atoms with van der Waals surface area (Å²) in [5.74, 6) is 1.93. The van der Waals surface area contributed by atoms with Crippen LogP contribution in [-0.2, 0) is 4.79 Å². The third-order valence-corrected chi connectivity index (χ3v) is 4.95. The predicted octanol–water partition coefficient (Wildman–Crippen LogP) is 0.750. The topological polar surface area (TPSA) is 60.0 Å². The van der Waals surface area contributed by atoms with Gasteiger partial charge in [0.05, 0.1) is 0 Å². The van der Waals surface area contributed by atoms with Crippen LogP contribution in [0, 0.1) is 11.8 Å². The van der Waals surface area contributed by atoms with Crippen molar-refractivity contribution in [3.05, 3.63) is 0 Å². The Bertz CT molecular complexity index is 415. The molecule has 1 unspecified atom stereocenters. The number of guanidine groups is 1. The van der Waals surface area contributed by atoms with Gasteiger partial charge in [-0.1, -0.05) is 13.8 Å². The number of amides is 1. The van der Waals surface area contributed by atoms with E-state index in [1.807, 2.05) is 25.8 Å². The Labute approximate surface area is 140 Å². The summed E-state index contributed by atoms with van der Waals surface area (Å²) in [6.45, 7) is 8.92. The summed E-state index contributed by atoms with van der Waals surface area (Å²) in [6.07, 6.45) is 3.49. The van der Waals surface area contributed by atoms with Crippen molar-refractivity contribution < 1.29 is 4.79 Å². The van der Waals surface area contributed by atoms with Crippen LogP contribution in [0.2, 0.25) is 0 Å². The van der Waals surface area contributed by atoms with Gasteiger partial charge in [-0.2, -0.15) is 0 Å². The van der Waals surface area contributed by atoms with Crippen LogP contribution in [0.4, 0.5) is 0 Å². The molecule has 0 aromatic heterocycles. The smallest absolute Gasteiger partial charge is 0.225 e. The van der Waals surface area contributed by atoms with E-state index in [0.29, 0.717) is 6.04 Å². The fourth-order valence-corrected chi connectivity index (χ4v) is 3.34. The number of piperidine rings is 1. The van der Waals surface area contributed by atoms with E-state index < -0.39 is 0 Å². The molecule has 0 aromatic rings. The molecular formula is C17H33N5O. The highest BCUT2D eigenvalue weighted by Crippen LogP contribution is 2.15. The van der Waals surface area contributed by atoms with E-state index in [-0.39, 0.29) is 11.8 Å². The summed E-state index contributed by atoms with van der Waals surface area (Å²) < 4.78 is 0. The summed E-state index contributed by atoms with van der Waals surface area (Å²) in [4.78, 5) is 20.7. The lowest BCUT2D eigenvalue weighted by Gasteiger charge is -2.29. The van der Waals surface area contributed by atoms with Crippen molar-refractivity contribution in [3.8, 4) is 0 Å². The molecule has 0 bridgehead atoms. The van der Waals surface area contributed by atoms with E-state index in [9.17, 15) is 4.79 Å². The number of nitrogens with zero attached hydrogens (tertiary/aromatic N) is 3. The molecule has 0 saturated carbocycles. The molecule has 2 N–H and O–H groups in total. The average molecular weight is 323 g/mol. The maximum absolute atomic E-state index is 12.1. The molecule has 0 aromatic carbocycles. The molecule has 2 aliphatic rings. The van der Waals surface area contributed by atoms with Crippen LogP contribution in [0.5, 0.6) is 0 Å². The van der Waals surface area contributed by atoms with E-state index in [1.165, 1.54) is 25.9 Å². The molecule has 6 heteroatoms. The average Bonchev–Trinajstić information content (AvgIpc) is 3.00. The van der Waals surface area contributed by atoms with Crippen molar-refractivity contribution in [1.29, 1.82) is 0 Å².